The maximum atomic E-state index is 9.31. The van der Waals surface area contributed by atoms with Gasteiger partial charge in [0, 0.05) is 25.5 Å². The highest BCUT2D eigenvalue weighted by atomic mass is 16.3. The van der Waals surface area contributed by atoms with Gasteiger partial charge in [0.1, 0.15) is 5.82 Å². The molecule has 0 aromatic carbocycles. The Morgan fingerprint density at radius 2 is 2.08 bits per heavy atom. The average molecular weight is 179 g/mol. The van der Waals surface area contributed by atoms with Gasteiger partial charge in [-0.1, -0.05) is 0 Å². The minimum atomic E-state index is -0.132. The second-order valence-electron chi connectivity index (χ2n) is 3.28. The van der Waals surface area contributed by atoms with Gasteiger partial charge in [-0.3, -0.25) is 4.98 Å². The molecular weight excluding hydrogens is 166 g/mol. The van der Waals surface area contributed by atoms with Crippen molar-refractivity contribution in [1.29, 1.82) is 0 Å². The maximum Gasteiger partial charge on any atom is 0.147 e. The SMILES string of the molecule is OC1CCN(c2cnccn2)CC1. The van der Waals surface area contributed by atoms with E-state index in [1.165, 1.54) is 0 Å². The third-order valence-electron chi connectivity index (χ3n) is 2.34. The lowest BCUT2D eigenvalue weighted by atomic mass is 10.1. The molecule has 70 valence electrons. The van der Waals surface area contributed by atoms with Crippen molar-refractivity contribution in [2.24, 2.45) is 0 Å². The summed E-state index contributed by atoms with van der Waals surface area (Å²) in [5.41, 5.74) is 0. The second kappa shape index (κ2) is 3.70. The van der Waals surface area contributed by atoms with Gasteiger partial charge in [-0.25, -0.2) is 4.98 Å². The van der Waals surface area contributed by atoms with E-state index in [4.69, 9.17) is 0 Å². The van der Waals surface area contributed by atoms with E-state index in [1.807, 2.05) is 0 Å². The van der Waals surface area contributed by atoms with E-state index in [-0.39, 0.29) is 6.10 Å². The van der Waals surface area contributed by atoms with E-state index >= 15 is 0 Å². The van der Waals surface area contributed by atoms with Crippen LogP contribution in [0.4, 0.5) is 5.82 Å². The van der Waals surface area contributed by atoms with Crippen LogP contribution in [0.25, 0.3) is 0 Å². The summed E-state index contributed by atoms with van der Waals surface area (Å²) in [6.45, 7) is 1.75. The largest absolute Gasteiger partial charge is 0.393 e. The number of piperidine rings is 1. The summed E-state index contributed by atoms with van der Waals surface area (Å²) in [7, 11) is 0. The molecule has 0 spiro atoms. The van der Waals surface area contributed by atoms with Gasteiger partial charge in [-0.2, -0.15) is 0 Å². The Morgan fingerprint density at radius 3 is 2.69 bits per heavy atom. The van der Waals surface area contributed by atoms with Crippen molar-refractivity contribution in [3.63, 3.8) is 0 Å². The van der Waals surface area contributed by atoms with E-state index in [2.05, 4.69) is 14.9 Å². The molecule has 0 aliphatic carbocycles. The quantitative estimate of drug-likeness (QED) is 0.679. The fourth-order valence-electron chi connectivity index (χ4n) is 1.55. The highest BCUT2D eigenvalue weighted by Gasteiger charge is 2.17. The first-order valence-electron chi connectivity index (χ1n) is 4.55. The lowest BCUT2D eigenvalue weighted by Crippen LogP contribution is -2.36. The van der Waals surface area contributed by atoms with Crippen LogP contribution in [0.15, 0.2) is 18.6 Å². The first kappa shape index (κ1) is 8.44. The molecule has 0 saturated carbocycles. The van der Waals surface area contributed by atoms with Crippen LogP contribution in [-0.2, 0) is 0 Å². The lowest BCUT2D eigenvalue weighted by molar-refractivity contribution is 0.145. The topological polar surface area (TPSA) is 49.2 Å². The summed E-state index contributed by atoms with van der Waals surface area (Å²) in [5.74, 6) is 0.911. The normalized spacial score (nSPS) is 19.0. The fraction of sp³-hybridized carbons (Fsp3) is 0.556. The summed E-state index contributed by atoms with van der Waals surface area (Å²) in [4.78, 5) is 10.4. The van der Waals surface area contributed by atoms with Crippen LogP contribution in [-0.4, -0.2) is 34.3 Å². The van der Waals surface area contributed by atoms with Crippen molar-refractivity contribution >= 4 is 5.82 Å². The molecule has 1 aromatic heterocycles. The molecule has 1 aliphatic rings. The van der Waals surface area contributed by atoms with Crippen LogP contribution in [0.2, 0.25) is 0 Å². The molecule has 2 rings (SSSR count). The molecule has 1 aliphatic heterocycles. The minimum absolute atomic E-state index is 0.132. The lowest BCUT2D eigenvalue weighted by Gasteiger charge is -2.29. The van der Waals surface area contributed by atoms with E-state index in [9.17, 15) is 5.11 Å². The molecule has 0 amide bonds. The van der Waals surface area contributed by atoms with Crippen LogP contribution in [0.3, 0.4) is 0 Å². The van der Waals surface area contributed by atoms with Gasteiger partial charge in [-0.15, -0.1) is 0 Å². The monoisotopic (exact) mass is 179 g/mol. The summed E-state index contributed by atoms with van der Waals surface area (Å²) < 4.78 is 0. The van der Waals surface area contributed by atoms with Crippen molar-refractivity contribution in [3.05, 3.63) is 18.6 Å². The Labute approximate surface area is 77.2 Å². The van der Waals surface area contributed by atoms with Gasteiger partial charge in [0.05, 0.1) is 12.3 Å². The zero-order chi connectivity index (χ0) is 9.10. The maximum absolute atomic E-state index is 9.31. The number of aromatic nitrogens is 2. The van der Waals surface area contributed by atoms with E-state index in [0.29, 0.717) is 0 Å². The van der Waals surface area contributed by atoms with Crippen LogP contribution < -0.4 is 4.90 Å². The first-order chi connectivity index (χ1) is 6.36. The molecule has 1 aromatic rings. The molecule has 0 unspecified atom stereocenters. The van der Waals surface area contributed by atoms with Crippen LogP contribution in [0, 0.1) is 0 Å². The Kier molecular flexibility index (Phi) is 2.40. The Morgan fingerprint density at radius 1 is 1.31 bits per heavy atom. The fourth-order valence-corrected chi connectivity index (χ4v) is 1.55. The third-order valence-corrected chi connectivity index (χ3v) is 2.34. The predicted octanol–water partition coefficient (Wildman–Crippen LogP) is 0.438. The summed E-state index contributed by atoms with van der Waals surface area (Å²) >= 11 is 0. The van der Waals surface area contributed by atoms with Crippen molar-refractivity contribution in [1.82, 2.24) is 9.97 Å². The molecule has 0 radical (unpaired) electrons. The van der Waals surface area contributed by atoms with Crippen molar-refractivity contribution in [2.45, 2.75) is 18.9 Å². The minimum Gasteiger partial charge on any atom is -0.393 e. The van der Waals surface area contributed by atoms with Crippen molar-refractivity contribution < 1.29 is 5.11 Å². The zero-order valence-corrected chi connectivity index (χ0v) is 7.43. The zero-order valence-electron chi connectivity index (χ0n) is 7.43. The summed E-state index contributed by atoms with van der Waals surface area (Å²) in [6, 6.07) is 0. The highest BCUT2D eigenvalue weighted by molar-refractivity contribution is 5.35. The number of rotatable bonds is 1. The van der Waals surface area contributed by atoms with Gasteiger partial charge in [0.2, 0.25) is 0 Å². The van der Waals surface area contributed by atoms with Crippen LogP contribution >= 0.6 is 0 Å². The Bertz CT molecular complexity index is 257. The number of anilines is 1. The Hall–Kier alpha value is -1.16. The molecular formula is C9H13N3O. The second-order valence-corrected chi connectivity index (χ2v) is 3.28. The highest BCUT2D eigenvalue weighted by Crippen LogP contribution is 2.15. The number of nitrogens with zero attached hydrogens (tertiary/aromatic N) is 3. The van der Waals surface area contributed by atoms with Gasteiger partial charge >= 0.3 is 0 Å². The Balaban J connectivity index is 2.03. The first-order valence-corrected chi connectivity index (χ1v) is 4.55. The standard InChI is InChI=1S/C9H13N3O/c13-8-1-5-12(6-2-8)9-7-10-3-4-11-9/h3-4,7-8,13H,1-2,5-6H2. The average Bonchev–Trinajstić information content (AvgIpc) is 2.20. The molecule has 1 saturated heterocycles. The summed E-state index contributed by atoms with van der Waals surface area (Å²) in [6.07, 6.45) is 6.65. The number of hydrogen-bond acceptors (Lipinski definition) is 4. The van der Waals surface area contributed by atoms with E-state index in [0.717, 1.165) is 31.7 Å². The van der Waals surface area contributed by atoms with Crippen molar-refractivity contribution in [3.8, 4) is 0 Å². The van der Waals surface area contributed by atoms with E-state index < -0.39 is 0 Å². The van der Waals surface area contributed by atoms with Gasteiger partial charge in [-0.05, 0) is 12.8 Å². The molecule has 0 atom stereocenters. The van der Waals surface area contributed by atoms with Crippen LogP contribution in [0.5, 0.6) is 0 Å². The molecule has 4 heteroatoms. The van der Waals surface area contributed by atoms with Crippen LogP contribution in [0.1, 0.15) is 12.8 Å². The third kappa shape index (κ3) is 1.95. The molecule has 1 fully saturated rings. The van der Waals surface area contributed by atoms with Gasteiger partial charge < -0.3 is 10.0 Å². The molecule has 13 heavy (non-hydrogen) atoms. The number of aliphatic hydroxyl groups excluding tert-OH is 1. The number of hydrogen-bond donors (Lipinski definition) is 1. The molecule has 0 bridgehead atoms. The molecule has 1 N–H and O–H groups in total. The van der Waals surface area contributed by atoms with Crippen molar-refractivity contribution in [2.75, 3.05) is 18.0 Å². The predicted molar refractivity (Wildman–Crippen MR) is 49.5 cm³/mol. The van der Waals surface area contributed by atoms with Gasteiger partial charge in [0.15, 0.2) is 0 Å². The molecule has 4 nitrogen and oxygen atoms in total. The van der Waals surface area contributed by atoms with E-state index in [1.54, 1.807) is 18.6 Å². The number of aliphatic hydroxyl groups is 1. The smallest absolute Gasteiger partial charge is 0.147 e. The molecule has 2 heterocycles. The summed E-state index contributed by atoms with van der Waals surface area (Å²) in [5, 5.41) is 9.31. The van der Waals surface area contributed by atoms with Gasteiger partial charge in [0.25, 0.3) is 0 Å².